The summed E-state index contributed by atoms with van der Waals surface area (Å²) in [5, 5.41) is 10.3. The number of hydrogen-bond donors (Lipinski definition) is 0. The fraction of sp³-hybridized carbons (Fsp3) is 0.240. The average molecular weight is 493 g/mol. The second kappa shape index (κ2) is 8.04. The van der Waals surface area contributed by atoms with Gasteiger partial charge in [-0.25, -0.2) is 13.4 Å². The molecule has 0 spiro atoms. The molecule has 4 heterocycles. The van der Waals surface area contributed by atoms with Crippen LogP contribution in [-0.4, -0.2) is 24.8 Å². The molecule has 0 aliphatic carbocycles. The fourth-order valence-corrected chi connectivity index (χ4v) is 6.50. The van der Waals surface area contributed by atoms with Crippen LogP contribution >= 0.6 is 23.1 Å². The first-order chi connectivity index (χ1) is 16.4. The van der Waals surface area contributed by atoms with Crippen LogP contribution in [0.2, 0.25) is 0 Å². The van der Waals surface area contributed by atoms with Gasteiger partial charge in [-0.3, -0.25) is 4.79 Å². The summed E-state index contributed by atoms with van der Waals surface area (Å²) >= 11 is 3.08. The molecule has 3 aromatic heterocycles. The smallest absolute Gasteiger partial charge is 0.268 e. The van der Waals surface area contributed by atoms with E-state index in [2.05, 4.69) is 24.0 Å². The van der Waals surface area contributed by atoms with Crippen LogP contribution in [0.15, 0.2) is 64.5 Å². The standard InChI is InChI=1S/C25H21FN4O2S2/c1-25(2)12-18-19(13-32-25)34-22-20(18)21(31)29(17-6-4-3-5-7-17)23-27-28-24(30(22)23)33-14-15-8-10-16(26)11-9-15/h3-11H,12-14H2,1-2H3. The lowest BCUT2D eigenvalue weighted by Crippen LogP contribution is -2.32. The van der Waals surface area contributed by atoms with E-state index in [9.17, 15) is 9.18 Å². The van der Waals surface area contributed by atoms with Crippen LogP contribution in [0.25, 0.3) is 21.7 Å². The summed E-state index contributed by atoms with van der Waals surface area (Å²) in [5.41, 5.74) is 2.35. The van der Waals surface area contributed by atoms with E-state index in [1.165, 1.54) is 23.9 Å². The van der Waals surface area contributed by atoms with Crippen LogP contribution in [-0.2, 0) is 23.5 Å². The Morgan fingerprint density at radius 1 is 1.12 bits per heavy atom. The van der Waals surface area contributed by atoms with E-state index in [0.29, 0.717) is 35.1 Å². The number of halogens is 1. The summed E-state index contributed by atoms with van der Waals surface area (Å²) in [6.45, 7) is 4.58. The number of rotatable bonds is 4. The van der Waals surface area contributed by atoms with Gasteiger partial charge in [0.1, 0.15) is 10.6 Å². The quantitative estimate of drug-likeness (QED) is 0.315. The largest absolute Gasteiger partial charge is 0.370 e. The third-order valence-electron chi connectivity index (χ3n) is 6.00. The van der Waals surface area contributed by atoms with Crippen molar-refractivity contribution < 1.29 is 9.13 Å². The van der Waals surface area contributed by atoms with Crippen LogP contribution in [0.3, 0.4) is 0 Å². The average Bonchev–Trinajstić information content (AvgIpc) is 3.40. The Balaban J connectivity index is 1.59. The zero-order chi connectivity index (χ0) is 23.4. The molecule has 0 N–H and O–H groups in total. The zero-order valence-electron chi connectivity index (χ0n) is 18.6. The molecule has 0 saturated carbocycles. The molecular formula is C25H21FN4O2S2. The molecule has 2 aromatic carbocycles. The van der Waals surface area contributed by atoms with Crippen molar-refractivity contribution in [3.63, 3.8) is 0 Å². The van der Waals surface area contributed by atoms with Gasteiger partial charge in [-0.1, -0.05) is 42.1 Å². The first-order valence-electron chi connectivity index (χ1n) is 10.9. The Hall–Kier alpha value is -3.01. The van der Waals surface area contributed by atoms with Crippen molar-refractivity contribution in [1.82, 2.24) is 19.2 Å². The van der Waals surface area contributed by atoms with Crippen molar-refractivity contribution in [2.75, 3.05) is 0 Å². The number of nitrogens with zero attached hydrogens (tertiary/aromatic N) is 4. The summed E-state index contributed by atoms with van der Waals surface area (Å²) in [7, 11) is 0. The summed E-state index contributed by atoms with van der Waals surface area (Å²) in [5.74, 6) is 0.822. The highest BCUT2D eigenvalue weighted by molar-refractivity contribution is 7.98. The number of thioether (sulfide) groups is 1. The monoisotopic (exact) mass is 492 g/mol. The maximum atomic E-state index is 13.9. The molecule has 6 nitrogen and oxygen atoms in total. The maximum Gasteiger partial charge on any atom is 0.268 e. The first kappa shape index (κ1) is 21.5. The van der Waals surface area contributed by atoms with Crippen molar-refractivity contribution in [2.45, 2.75) is 43.4 Å². The Morgan fingerprint density at radius 3 is 2.65 bits per heavy atom. The van der Waals surface area contributed by atoms with Gasteiger partial charge in [0, 0.05) is 17.1 Å². The Kier molecular flexibility index (Phi) is 5.09. The highest BCUT2D eigenvalue weighted by Crippen LogP contribution is 2.39. The van der Waals surface area contributed by atoms with Gasteiger partial charge in [-0.15, -0.1) is 21.5 Å². The molecule has 1 aliphatic heterocycles. The minimum absolute atomic E-state index is 0.0913. The second-order valence-electron chi connectivity index (χ2n) is 8.92. The predicted octanol–water partition coefficient (Wildman–Crippen LogP) is 5.38. The molecule has 0 radical (unpaired) electrons. The van der Waals surface area contributed by atoms with Gasteiger partial charge in [-0.05, 0) is 49.2 Å². The second-order valence-corrected chi connectivity index (χ2v) is 10.9. The normalized spacial score (nSPS) is 15.1. The highest BCUT2D eigenvalue weighted by atomic mass is 32.2. The molecule has 0 bridgehead atoms. The molecule has 9 heteroatoms. The topological polar surface area (TPSA) is 61.4 Å². The van der Waals surface area contributed by atoms with E-state index >= 15 is 0 Å². The fourth-order valence-electron chi connectivity index (χ4n) is 4.34. The molecule has 0 saturated heterocycles. The molecule has 0 fully saturated rings. The third-order valence-corrected chi connectivity index (χ3v) is 8.19. The van der Waals surface area contributed by atoms with E-state index in [0.717, 1.165) is 26.5 Å². The van der Waals surface area contributed by atoms with Crippen molar-refractivity contribution >= 4 is 39.1 Å². The van der Waals surface area contributed by atoms with Crippen molar-refractivity contribution in [3.8, 4) is 5.69 Å². The van der Waals surface area contributed by atoms with E-state index in [1.54, 1.807) is 28.0 Å². The van der Waals surface area contributed by atoms with Crippen molar-refractivity contribution in [2.24, 2.45) is 0 Å². The Bertz CT molecular complexity index is 1590. The van der Waals surface area contributed by atoms with E-state index in [1.807, 2.05) is 34.7 Å². The number of aromatic nitrogens is 4. The van der Waals surface area contributed by atoms with Gasteiger partial charge in [0.2, 0.25) is 5.78 Å². The first-order valence-corrected chi connectivity index (χ1v) is 12.7. The molecule has 0 amide bonds. The van der Waals surface area contributed by atoms with Crippen LogP contribution in [0.5, 0.6) is 0 Å². The highest BCUT2D eigenvalue weighted by Gasteiger charge is 2.32. The number of fused-ring (bicyclic) bond motifs is 5. The van der Waals surface area contributed by atoms with Crippen LogP contribution in [0, 0.1) is 5.82 Å². The van der Waals surface area contributed by atoms with Gasteiger partial charge in [0.15, 0.2) is 5.16 Å². The lowest BCUT2D eigenvalue weighted by Gasteiger charge is -2.29. The molecule has 172 valence electrons. The van der Waals surface area contributed by atoms with Crippen molar-refractivity contribution in [3.05, 3.63) is 86.8 Å². The number of para-hydroxylation sites is 1. The number of ether oxygens (including phenoxy) is 1. The van der Waals surface area contributed by atoms with Gasteiger partial charge in [0.05, 0.1) is 23.3 Å². The summed E-state index contributed by atoms with van der Waals surface area (Å²) in [4.78, 5) is 15.8. The zero-order valence-corrected chi connectivity index (χ0v) is 20.3. The molecule has 34 heavy (non-hydrogen) atoms. The van der Waals surface area contributed by atoms with Gasteiger partial charge < -0.3 is 4.74 Å². The predicted molar refractivity (Wildman–Crippen MR) is 132 cm³/mol. The van der Waals surface area contributed by atoms with Crippen LogP contribution in [0.1, 0.15) is 29.9 Å². The summed E-state index contributed by atoms with van der Waals surface area (Å²) in [6.07, 6.45) is 0.665. The molecule has 6 rings (SSSR count). The van der Waals surface area contributed by atoms with Gasteiger partial charge >= 0.3 is 0 Å². The van der Waals surface area contributed by atoms with Gasteiger partial charge in [0.25, 0.3) is 5.56 Å². The molecular weight excluding hydrogens is 471 g/mol. The molecule has 1 aliphatic rings. The molecule has 0 atom stereocenters. The number of benzene rings is 2. The minimum Gasteiger partial charge on any atom is -0.370 e. The molecule has 5 aromatic rings. The van der Waals surface area contributed by atoms with Crippen molar-refractivity contribution in [1.29, 1.82) is 0 Å². The third kappa shape index (κ3) is 3.55. The van der Waals surface area contributed by atoms with E-state index in [-0.39, 0.29) is 17.0 Å². The van der Waals surface area contributed by atoms with E-state index < -0.39 is 0 Å². The number of thiophene rings is 1. The Labute approximate surface area is 203 Å². The van der Waals surface area contributed by atoms with Gasteiger partial charge in [-0.2, -0.15) is 0 Å². The van der Waals surface area contributed by atoms with Crippen LogP contribution in [0.4, 0.5) is 4.39 Å². The van der Waals surface area contributed by atoms with E-state index in [4.69, 9.17) is 4.74 Å². The number of hydrogen-bond acceptors (Lipinski definition) is 6. The minimum atomic E-state index is -0.340. The van der Waals surface area contributed by atoms with Crippen LogP contribution < -0.4 is 5.56 Å². The lowest BCUT2D eigenvalue weighted by molar-refractivity contribution is -0.0379. The molecule has 0 unspecified atom stereocenters. The lowest BCUT2D eigenvalue weighted by atomic mass is 9.94. The Morgan fingerprint density at radius 2 is 1.88 bits per heavy atom. The summed E-state index contributed by atoms with van der Waals surface area (Å²) < 4.78 is 23.0. The SMILES string of the molecule is CC1(C)Cc2c(sc3c2c(=O)n(-c2ccccc2)c2nnc(SCc4ccc(F)cc4)n32)CO1. The maximum absolute atomic E-state index is 13.9. The summed E-state index contributed by atoms with van der Waals surface area (Å²) in [6, 6.07) is 16.0.